The summed E-state index contributed by atoms with van der Waals surface area (Å²) in [6.45, 7) is 3.75. The Bertz CT molecular complexity index is 416. The van der Waals surface area contributed by atoms with Crippen LogP contribution in [0.4, 0.5) is 14.6 Å². The van der Waals surface area contributed by atoms with Gasteiger partial charge in [-0.1, -0.05) is 13.8 Å². The van der Waals surface area contributed by atoms with Crippen molar-refractivity contribution in [1.82, 2.24) is 9.97 Å². The summed E-state index contributed by atoms with van der Waals surface area (Å²) in [5.41, 5.74) is 6.63. The summed E-state index contributed by atoms with van der Waals surface area (Å²) in [6.07, 6.45) is -1.31. The molecule has 7 heteroatoms. The molecule has 1 aromatic rings. The molecule has 0 radical (unpaired) electrons. The number of ether oxygens (including phenoxy) is 1. The second-order valence-corrected chi connectivity index (χ2v) is 5.39. The largest absolute Gasteiger partial charge is 0.383 e. The van der Waals surface area contributed by atoms with Gasteiger partial charge in [0.05, 0.1) is 16.8 Å². The monoisotopic (exact) mass is 337 g/mol. The van der Waals surface area contributed by atoms with Gasteiger partial charge in [0.15, 0.2) is 0 Å². The smallest absolute Gasteiger partial charge is 0.261 e. The molecule has 19 heavy (non-hydrogen) atoms. The van der Waals surface area contributed by atoms with Crippen LogP contribution in [-0.2, 0) is 17.6 Å². The van der Waals surface area contributed by atoms with E-state index in [1.54, 1.807) is 0 Å². The third kappa shape index (κ3) is 5.78. The van der Waals surface area contributed by atoms with Crippen LogP contribution in [-0.4, -0.2) is 29.6 Å². The average Bonchev–Trinajstić information content (AvgIpc) is 2.30. The van der Waals surface area contributed by atoms with Gasteiger partial charge < -0.3 is 10.5 Å². The van der Waals surface area contributed by atoms with Crippen molar-refractivity contribution in [3.8, 4) is 0 Å². The van der Waals surface area contributed by atoms with E-state index in [2.05, 4.69) is 39.7 Å². The highest BCUT2D eigenvalue weighted by molar-refractivity contribution is 9.10. The summed E-state index contributed by atoms with van der Waals surface area (Å²) in [7, 11) is 0. The first-order valence-electron chi connectivity index (χ1n) is 6.06. The van der Waals surface area contributed by atoms with Gasteiger partial charge in [0.25, 0.3) is 6.43 Å². The van der Waals surface area contributed by atoms with Gasteiger partial charge in [-0.15, -0.1) is 0 Å². The van der Waals surface area contributed by atoms with Gasteiger partial charge >= 0.3 is 0 Å². The van der Waals surface area contributed by atoms with E-state index in [1.165, 1.54) is 0 Å². The molecular formula is C12H18BrF2N3O. The van der Waals surface area contributed by atoms with Gasteiger partial charge in [0, 0.05) is 6.42 Å². The standard InChI is InChI=1S/C12H18BrF2N3O/c1-7(2)5-8-11(13)12(16)18-10(17-8)3-4-19-6-9(14)15/h7,9H,3-6H2,1-2H3,(H2,16,17,18). The maximum Gasteiger partial charge on any atom is 0.261 e. The van der Waals surface area contributed by atoms with Crippen molar-refractivity contribution >= 4 is 21.7 Å². The third-order valence-corrected chi connectivity index (χ3v) is 3.17. The van der Waals surface area contributed by atoms with Crippen LogP contribution in [0.2, 0.25) is 0 Å². The molecule has 0 unspecified atom stereocenters. The van der Waals surface area contributed by atoms with Crippen molar-refractivity contribution in [2.45, 2.75) is 33.1 Å². The Labute approximate surface area is 119 Å². The fourth-order valence-corrected chi connectivity index (χ4v) is 1.87. The Morgan fingerprint density at radius 3 is 2.58 bits per heavy atom. The van der Waals surface area contributed by atoms with E-state index in [9.17, 15) is 8.78 Å². The molecule has 0 aliphatic heterocycles. The van der Waals surface area contributed by atoms with Crippen LogP contribution in [0.15, 0.2) is 4.47 Å². The molecule has 0 saturated carbocycles. The van der Waals surface area contributed by atoms with E-state index in [0.29, 0.717) is 28.5 Å². The number of alkyl halides is 2. The molecule has 4 nitrogen and oxygen atoms in total. The highest BCUT2D eigenvalue weighted by Crippen LogP contribution is 2.23. The summed E-state index contributed by atoms with van der Waals surface area (Å²) >= 11 is 3.36. The first kappa shape index (κ1) is 16.2. The highest BCUT2D eigenvalue weighted by Gasteiger charge is 2.12. The number of rotatable bonds is 7. The molecule has 0 aromatic carbocycles. The number of hydrogen-bond donors (Lipinski definition) is 1. The van der Waals surface area contributed by atoms with E-state index in [-0.39, 0.29) is 6.61 Å². The number of halogens is 3. The molecule has 1 aromatic heterocycles. The van der Waals surface area contributed by atoms with Gasteiger partial charge in [0.1, 0.15) is 18.2 Å². The Morgan fingerprint density at radius 1 is 1.32 bits per heavy atom. The number of aromatic nitrogens is 2. The number of nitrogen functional groups attached to an aromatic ring is 1. The molecule has 0 spiro atoms. The van der Waals surface area contributed by atoms with Crippen molar-refractivity contribution in [3.05, 3.63) is 16.0 Å². The van der Waals surface area contributed by atoms with Crippen molar-refractivity contribution in [2.24, 2.45) is 5.92 Å². The van der Waals surface area contributed by atoms with Crippen LogP contribution in [0.1, 0.15) is 25.4 Å². The van der Waals surface area contributed by atoms with Gasteiger partial charge in [-0.2, -0.15) is 0 Å². The fourth-order valence-electron chi connectivity index (χ4n) is 1.54. The Morgan fingerprint density at radius 2 is 2.00 bits per heavy atom. The topological polar surface area (TPSA) is 61.0 Å². The molecule has 0 aliphatic rings. The van der Waals surface area contributed by atoms with Crippen molar-refractivity contribution in [2.75, 3.05) is 18.9 Å². The first-order valence-corrected chi connectivity index (χ1v) is 6.86. The maximum atomic E-state index is 11.9. The van der Waals surface area contributed by atoms with E-state index in [0.717, 1.165) is 12.1 Å². The summed E-state index contributed by atoms with van der Waals surface area (Å²) in [6, 6.07) is 0. The molecule has 2 N–H and O–H groups in total. The van der Waals surface area contributed by atoms with Crippen molar-refractivity contribution < 1.29 is 13.5 Å². The van der Waals surface area contributed by atoms with Crippen LogP contribution in [0, 0.1) is 5.92 Å². The van der Waals surface area contributed by atoms with Crippen molar-refractivity contribution in [1.29, 1.82) is 0 Å². The predicted molar refractivity (Wildman–Crippen MR) is 73.2 cm³/mol. The SMILES string of the molecule is CC(C)Cc1nc(CCOCC(F)F)nc(N)c1Br. The van der Waals surface area contributed by atoms with E-state index in [1.807, 2.05) is 0 Å². The number of nitrogens with two attached hydrogens (primary N) is 1. The fraction of sp³-hybridized carbons (Fsp3) is 0.667. The lowest BCUT2D eigenvalue weighted by molar-refractivity contribution is 0.0183. The third-order valence-electron chi connectivity index (χ3n) is 2.31. The minimum Gasteiger partial charge on any atom is -0.383 e. The first-order chi connectivity index (χ1) is 8.90. The van der Waals surface area contributed by atoms with Gasteiger partial charge in [0.2, 0.25) is 0 Å². The predicted octanol–water partition coefficient (Wildman–Crippen LogP) is 2.84. The lowest BCUT2D eigenvalue weighted by Gasteiger charge is -2.11. The molecule has 1 heterocycles. The summed E-state index contributed by atoms with van der Waals surface area (Å²) in [5, 5.41) is 0. The summed E-state index contributed by atoms with van der Waals surface area (Å²) in [5.74, 6) is 1.33. The van der Waals surface area contributed by atoms with Gasteiger partial charge in [-0.05, 0) is 28.3 Å². The van der Waals surface area contributed by atoms with Crippen LogP contribution in [0.25, 0.3) is 0 Å². The Kier molecular flexibility index (Phi) is 6.57. The number of hydrogen-bond acceptors (Lipinski definition) is 4. The minimum absolute atomic E-state index is 0.159. The molecule has 0 fully saturated rings. The number of nitrogens with zero attached hydrogens (tertiary/aromatic N) is 2. The molecule has 0 amide bonds. The molecular weight excluding hydrogens is 320 g/mol. The van der Waals surface area contributed by atoms with Gasteiger partial charge in [-0.3, -0.25) is 0 Å². The molecule has 0 bridgehead atoms. The quantitative estimate of drug-likeness (QED) is 0.777. The second-order valence-electron chi connectivity index (χ2n) is 4.60. The Balaban J connectivity index is 2.66. The van der Waals surface area contributed by atoms with Gasteiger partial charge in [-0.25, -0.2) is 18.7 Å². The van der Waals surface area contributed by atoms with Crippen LogP contribution in [0.5, 0.6) is 0 Å². The van der Waals surface area contributed by atoms with Crippen molar-refractivity contribution in [3.63, 3.8) is 0 Å². The summed E-state index contributed by atoms with van der Waals surface area (Å²) in [4.78, 5) is 8.49. The van der Waals surface area contributed by atoms with Crippen LogP contribution >= 0.6 is 15.9 Å². The zero-order chi connectivity index (χ0) is 14.4. The minimum atomic E-state index is -2.45. The molecule has 0 aliphatic carbocycles. The molecule has 0 saturated heterocycles. The van der Waals surface area contributed by atoms with Crippen LogP contribution < -0.4 is 5.73 Å². The average molecular weight is 338 g/mol. The molecule has 0 atom stereocenters. The van der Waals surface area contributed by atoms with Crippen LogP contribution in [0.3, 0.4) is 0 Å². The molecule has 108 valence electrons. The number of anilines is 1. The molecule has 1 rings (SSSR count). The Hall–Kier alpha value is -0.820. The second kappa shape index (κ2) is 7.69. The van der Waals surface area contributed by atoms with E-state index in [4.69, 9.17) is 10.5 Å². The maximum absolute atomic E-state index is 11.9. The van der Waals surface area contributed by atoms with E-state index < -0.39 is 13.0 Å². The summed E-state index contributed by atoms with van der Waals surface area (Å²) < 4.78 is 29.3. The highest BCUT2D eigenvalue weighted by atomic mass is 79.9. The lowest BCUT2D eigenvalue weighted by atomic mass is 10.1. The zero-order valence-electron chi connectivity index (χ0n) is 11.0. The normalized spacial score (nSPS) is 11.5. The lowest BCUT2D eigenvalue weighted by Crippen LogP contribution is -2.12. The van der Waals surface area contributed by atoms with E-state index >= 15 is 0 Å². The zero-order valence-corrected chi connectivity index (χ0v) is 12.6.